The van der Waals surface area contributed by atoms with Gasteiger partial charge >= 0.3 is 22.2 Å². The molecule has 0 atom stereocenters. The van der Waals surface area contributed by atoms with Crippen molar-refractivity contribution in [2.75, 3.05) is 0 Å². The van der Waals surface area contributed by atoms with Crippen LogP contribution in [-0.4, -0.2) is 70.0 Å². The molecule has 9 nitrogen and oxygen atoms in total. The lowest BCUT2D eigenvalue weighted by Crippen LogP contribution is -2.26. The molecule has 0 heterocycles. The average Bonchev–Trinajstić information content (AvgIpc) is 1.94. The summed E-state index contributed by atoms with van der Waals surface area (Å²) in [6.45, 7) is 4.30. The lowest BCUT2D eigenvalue weighted by atomic mass is 10.3. The minimum Gasteiger partial charge on any atom is -0.398 e. The quantitative estimate of drug-likeness (QED) is 0.186. The Morgan fingerprint density at radius 3 is 0.800 bits per heavy atom. The Hall–Kier alpha value is -0.345. The molecule has 0 bridgehead atoms. The third-order valence-electron chi connectivity index (χ3n) is 0.774. The zero-order valence-corrected chi connectivity index (χ0v) is 11.5. The van der Waals surface area contributed by atoms with Gasteiger partial charge in [-0.1, -0.05) is 0 Å². The lowest BCUT2D eigenvalue weighted by molar-refractivity contribution is 0.338. The van der Waals surface area contributed by atoms with Crippen molar-refractivity contribution in [2.45, 2.75) is 25.5 Å². The Morgan fingerprint density at radius 1 is 0.750 bits per heavy atom. The van der Waals surface area contributed by atoms with Gasteiger partial charge in [-0.3, -0.25) is 17.5 Å². The average molecular weight is 330 g/mol. The Kier molecular flexibility index (Phi) is 19.0. The van der Waals surface area contributed by atoms with Crippen molar-refractivity contribution in [3.05, 3.63) is 0 Å². The second-order valence-electron chi connectivity index (χ2n) is 3.52. The van der Waals surface area contributed by atoms with E-state index in [-0.39, 0.29) is 0 Å². The highest BCUT2D eigenvalue weighted by Gasteiger charge is 2.25. The van der Waals surface area contributed by atoms with Crippen molar-refractivity contribution in [3.63, 3.8) is 0 Å². The van der Waals surface area contributed by atoms with E-state index >= 15 is 0 Å². The van der Waals surface area contributed by atoms with E-state index in [4.69, 9.17) is 34.7 Å². The van der Waals surface area contributed by atoms with Crippen LogP contribution in [0.25, 0.3) is 0 Å². The van der Waals surface area contributed by atoms with Crippen LogP contribution in [0.5, 0.6) is 0 Å². The van der Waals surface area contributed by atoms with Crippen molar-refractivity contribution >= 4 is 32.3 Å². The summed E-state index contributed by atoms with van der Waals surface area (Å²) in [5, 5.41) is 41.7. The normalized spacial score (nSPS) is 9.65. The van der Waals surface area contributed by atoms with E-state index < -0.39 is 37.1 Å². The molecule has 0 aromatic rings. The number of halogens is 3. The van der Waals surface area contributed by atoms with Crippen LogP contribution in [0, 0.1) is 0 Å². The van der Waals surface area contributed by atoms with Crippen molar-refractivity contribution in [3.8, 4) is 0 Å². The van der Waals surface area contributed by atoms with Gasteiger partial charge in [0, 0.05) is 0 Å². The maximum absolute atomic E-state index is 10.2. The van der Waals surface area contributed by atoms with Crippen LogP contribution in [0.4, 0.5) is 12.9 Å². The third kappa shape index (κ3) is 65.4. The molecule has 0 saturated carbocycles. The maximum Gasteiger partial charge on any atom is 0.674 e. The largest absolute Gasteiger partial charge is 0.674 e. The van der Waals surface area contributed by atoms with Gasteiger partial charge in [-0.05, 0) is 20.8 Å². The minimum atomic E-state index is -3.84. The van der Waals surface area contributed by atoms with Gasteiger partial charge in [0.25, 0.3) is 10.1 Å². The molecule has 0 fully saturated rings. The fourth-order valence-electron chi connectivity index (χ4n) is 0. The second-order valence-corrected chi connectivity index (χ2v) is 5.69. The first-order valence-corrected chi connectivity index (χ1v) is 5.86. The summed E-state index contributed by atoms with van der Waals surface area (Å²) in [7, 11) is -11.8. The van der Waals surface area contributed by atoms with Crippen LogP contribution in [0.2, 0.25) is 0 Å². The Balaban J connectivity index is -0.0000000917. The summed E-state index contributed by atoms with van der Waals surface area (Å²) >= 11 is 0. The maximum atomic E-state index is 10.2. The van der Waals surface area contributed by atoms with Gasteiger partial charge in [0.2, 0.25) is 0 Å². The Labute approximate surface area is 115 Å². The molecule has 0 radical (unpaired) electrons. The van der Waals surface area contributed by atoms with Gasteiger partial charge in [0.15, 0.2) is 0 Å². The molecular weight excluding hydrogens is 314 g/mol. The molecule has 0 amide bonds. The summed E-state index contributed by atoms with van der Waals surface area (Å²) in [5.41, 5.74) is 0. The zero-order chi connectivity index (χ0) is 17.7. The first kappa shape index (κ1) is 27.9. The molecule has 0 saturated heterocycles. The smallest absolute Gasteiger partial charge is 0.398 e. The van der Waals surface area contributed by atoms with Gasteiger partial charge < -0.3 is 30.1 Å². The lowest BCUT2D eigenvalue weighted by Gasteiger charge is -2.12. The minimum absolute atomic E-state index is 1.03. The molecule has 20 heavy (non-hydrogen) atoms. The van der Waals surface area contributed by atoms with E-state index in [0.717, 1.165) is 0 Å². The third-order valence-corrected chi connectivity index (χ3v) is 2.32. The highest BCUT2D eigenvalue weighted by atomic mass is 32.2. The van der Waals surface area contributed by atoms with Crippen molar-refractivity contribution in [1.82, 2.24) is 0 Å². The van der Waals surface area contributed by atoms with E-state index in [1.165, 1.54) is 20.8 Å². The van der Waals surface area contributed by atoms with E-state index in [2.05, 4.69) is 0 Å². The van der Waals surface area contributed by atoms with Crippen LogP contribution in [0.15, 0.2) is 0 Å². The summed E-state index contributed by atoms with van der Waals surface area (Å²) in [6, 6.07) is 0. The number of hydrogen-bond donors (Lipinski definition) is 7. The molecule has 0 aromatic carbocycles. The van der Waals surface area contributed by atoms with Crippen LogP contribution in [0.3, 0.4) is 0 Å². The van der Waals surface area contributed by atoms with Crippen LogP contribution >= 0.6 is 0 Å². The van der Waals surface area contributed by atoms with E-state index in [1.807, 2.05) is 0 Å². The topological polar surface area (TPSA) is 176 Å². The molecule has 0 spiro atoms. The van der Waals surface area contributed by atoms with Gasteiger partial charge in [0.1, 0.15) is 0 Å². The summed E-state index contributed by atoms with van der Waals surface area (Å²) < 4.78 is 58.0. The fourth-order valence-corrected chi connectivity index (χ4v) is 0. The molecule has 0 unspecified atom stereocenters. The molecule has 122 valence electrons. The molecule has 7 N–H and O–H groups in total. The molecular formula is C4H16B3F3O9S. The summed E-state index contributed by atoms with van der Waals surface area (Å²) in [5.74, 6) is 0. The Morgan fingerprint density at radius 2 is 0.800 bits per heavy atom. The predicted molar refractivity (Wildman–Crippen MR) is 65.2 cm³/mol. The van der Waals surface area contributed by atoms with E-state index in [1.54, 1.807) is 0 Å². The van der Waals surface area contributed by atoms with Gasteiger partial charge in [0.05, 0.1) is 4.75 Å². The highest BCUT2D eigenvalue weighted by molar-refractivity contribution is 7.87. The van der Waals surface area contributed by atoms with Crippen molar-refractivity contribution in [1.29, 1.82) is 0 Å². The zero-order valence-electron chi connectivity index (χ0n) is 10.7. The number of rotatable bonds is 0. The van der Waals surface area contributed by atoms with Crippen molar-refractivity contribution < 1.29 is 56.1 Å². The molecule has 0 aliphatic carbocycles. The fraction of sp³-hybridized carbons (Fsp3) is 1.00. The van der Waals surface area contributed by atoms with Crippen LogP contribution < -0.4 is 0 Å². The predicted octanol–water partition coefficient (Wildman–Crippen LogP) is -2.55. The molecule has 0 aliphatic heterocycles. The van der Waals surface area contributed by atoms with Crippen molar-refractivity contribution in [2.24, 2.45) is 0 Å². The van der Waals surface area contributed by atoms with E-state index in [9.17, 15) is 21.4 Å². The van der Waals surface area contributed by atoms with Gasteiger partial charge in [-0.15, -0.1) is 0 Å². The second kappa shape index (κ2) is 13.6. The SMILES string of the molecule is CC(C)(C)S(=O)(=O)O.OB(O)F.OB(O)F.OB(O)F. The monoisotopic (exact) mass is 330 g/mol. The molecule has 16 heteroatoms. The molecule has 0 aliphatic rings. The Bertz CT molecular complexity index is 271. The number of hydrogen-bond acceptors (Lipinski definition) is 8. The van der Waals surface area contributed by atoms with Crippen LogP contribution in [0.1, 0.15) is 20.8 Å². The molecule has 0 aromatic heterocycles. The van der Waals surface area contributed by atoms with E-state index in [0.29, 0.717) is 0 Å². The molecule has 0 rings (SSSR count). The van der Waals surface area contributed by atoms with Crippen LogP contribution in [-0.2, 0) is 10.1 Å². The highest BCUT2D eigenvalue weighted by Crippen LogP contribution is 2.11. The summed E-state index contributed by atoms with van der Waals surface area (Å²) in [4.78, 5) is 0. The first-order chi connectivity index (χ1) is 8.45. The first-order valence-electron chi connectivity index (χ1n) is 4.42. The summed E-state index contributed by atoms with van der Waals surface area (Å²) in [6.07, 6.45) is 0. The standard InChI is InChI=1S/C4H10O3S.3BFH2O2/c1-4(2,3)8(5,6)7;3*2-1(3)4/h1-3H3,(H,5,6,7);3*3-4H. The van der Waals surface area contributed by atoms with Gasteiger partial charge in [-0.25, -0.2) is 0 Å². The van der Waals surface area contributed by atoms with Gasteiger partial charge in [-0.2, -0.15) is 8.42 Å².